The van der Waals surface area contributed by atoms with Gasteiger partial charge in [0, 0.05) is 19.2 Å². The Morgan fingerprint density at radius 2 is 2.17 bits per heavy atom. The number of anilines is 2. The highest BCUT2D eigenvalue weighted by Crippen LogP contribution is 2.22. The van der Waals surface area contributed by atoms with E-state index in [4.69, 9.17) is 4.74 Å². The summed E-state index contributed by atoms with van der Waals surface area (Å²) in [7, 11) is -0.847. The molecule has 0 fully saturated rings. The number of pyridine rings is 1. The smallest absolute Gasteiger partial charge is 0.406 e. The van der Waals surface area contributed by atoms with Crippen LogP contribution in [0.25, 0.3) is 0 Å². The molecule has 0 saturated heterocycles. The largest absolute Gasteiger partial charge is 0.489 e. The molecule has 0 atom stereocenters. The van der Waals surface area contributed by atoms with E-state index in [9.17, 15) is 14.2 Å². The molecule has 2 aromatic rings. The number of carbonyl (C=O) groups excluding carboxylic acids is 1. The van der Waals surface area contributed by atoms with Crippen molar-refractivity contribution in [2.45, 2.75) is 20.4 Å². The lowest BCUT2D eigenvalue weighted by atomic mass is 9.88. The second kappa shape index (κ2) is 7.60. The lowest BCUT2D eigenvalue weighted by molar-refractivity contribution is -0.114. The van der Waals surface area contributed by atoms with Crippen LogP contribution in [0.1, 0.15) is 12.5 Å². The van der Waals surface area contributed by atoms with Crippen LogP contribution >= 0.6 is 0 Å². The van der Waals surface area contributed by atoms with Crippen LogP contribution in [0.15, 0.2) is 36.5 Å². The molecule has 23 heavy (non-hydrogen) atoms. The monoisotopic (exact) mass is 317 g/mol. The molecule has 0 unspecified atom stereocenters. The Labute approximate surface area is 133 Å². The number of nitrogens with one attached hydrogen (secondary N) is 2. The van der Waals surface area contributed by atoms with Gasteiger partial charge in [0.25, 0.3) is 0 Å². The standard InChI is InChI=1S/C15H17BFN3O3/c1-10(21)19-15-7-11(5-6-18-15)9-23-12-3-4-14(13(17)8-12)20-16(2)22/h3-8,20,22H,9H2,1-2H3,(H,18,19,21). The average Bonchev–Trinajstić information content (AvgIpc) is 2.47. The highest BCUT2D eigenvalue weighted by molar-refractivity contribution is 6.52. The quantitative estimate of drug-likeness (QED) is 0.712. The molecule has 0 aliphatic heterocycles. The van der Waals surface area contributed by atoms with E-state index in [1.165, 1.54) is 25.9 Å². The summed E-state index contributed by atoms with van der Waals surface area (Å²) in [6.45, 7) is 3.11. The van der Waals surface area contributed by atoms with Crippen molar-refractivity contribution in [1.29, 1.82) is 0 Å². The Morgan fingerprint density at radius 3 is 2.83 bits per heavy atom. The van der Waals surface area contributed by atoms with E-state index in [-0.39, 0.29) is 18.2 Å². The van der Waals surface area contributed by atoms with Crippen LogP contribution in [0.2, 0.25) is 6.82 Å². The highest BCUT2D eigenvalue weighted by Gasteiger charge is 2.09. The number of hydrogen-bond acceptors (Lipinski definition) is 5. The Balaban J connectivity index is 2.00. The Morgan fingerprint density at radius 1 is 1.39 bits per heavy atom. The summed E-state index contributed by atoms with van der Waals surface area (Å²) < 4.78 is 19.4. The predicted molar refractivity (Wildman–Crippen MR) is 86.7 cm³/mol. The van der Waals surface area contributed by atoms with E-state index in [0.29, 0.717) is 11.6 Å². The summed E-state index contributed by atoms with van der Waals surface area (Å²) in [5.41, 5.74) is 0.986. The molecule has 0 spiro atoms. The number of carbonyl (C=O) groups is 1. The van der Waals surface area contributed by atoms with Gasteiger partial charge in [-0.25, -0.2) is 9.37 Å². The molecule has 8 heteroatoms. The molecule has 1 aromatic carbocycles. The number of amides is 1. The van der Waals surface area contributed by atoms with Gasteiger partial charge in [0.05, 0.1) is 5.69 Å². The molecule has 3 N–H and O–H groups in total. The molecule has 1 aromatic heterocycles. The fourth-order valence-electron chi connectivity index (χ4n) is 1.91. The van der Waals surface area contributed by atoms with Gasteiger partial charge in [0.1, 0.15) is 24.0 Å². The van der Waals surface area contributed by atoms with Gasteiger partial charge in [-0.15, -0.1) is 0 Å². The van der Waals surface area contributed by atoms with Crippen LogP contribution in [0.3, 0.4) is 0 Å². The maximum Gasteiger partial charge on any atom is 0.406 e. The minimum atomic E-state index is -0.847. The number of hydrogen-bond donors (Lipinski definition) is 3. The molecule has 0 radical (unpaired) electrons. The van der Waals surface area contributed by atoms with Crippen molar-refractivity contribution in [3.8, 4) is 5.75 Å². The van der Waals surface area contributed by atoms with Crippen LogP contribution in [-0.2, 0) is 11.4 Å². The molecule has 6 nitrogen and oxygen atoms in total. The van der Waals surface area contributed by atoms with Crippen LogP contribution in [0, 0.1) is 5.82 Å². The molecule has 1 amide bonds. The Bertz CT molecular complexity index is 697. The first-order valence-electron chi connectivity index (χ1n) is 7.03. The van der Waals surface area contributed by atoms with E-state index in [0.717, 1.165) is 5.56 Å². The van der Waals surface area contributed by atoms with Gasteiger partial charge in [0.2, 0.25) is 5.91 Å². The zero-order valence-electron chi connectivity index (χ0n) is 12.8. The van der Waals surface area contributed by atoms with Gasteiger partial charge in [-0.05, 0) is 36.7 Å². The van der Waals surface area contributed by atoms with Gasteiger partial charge < -0.3 is 20.3 Å². The van der Waals surface area contributed by atoms with Crippen molar-refractivity contribution >= 4 is 24.5 Å². The first-order chi connectivity index (χ1) is 10.9. The number of rotatable bonds is 6. The maximum atomic E-state index is 13.8. The molecule has 0 bridgehead atoms. The first-order valence-corrected chi connectivity index (χ1v) is 7.03. The van der Waals surface area contributed by atoms with E-state index in [1.807, 2.05) is 0 Å². The summed E-state index contributed by atoms with van der Waals surface area (Å²) in [6, 6.07) is 7.75. The summed E-state index contributed by atoms with van der Waals surface area (Å²) >= 11 is 0. The minimum absolute atomic E-state index is 0.198. The minimum Gasteiger partial charge on any atom is -0.489 e. The van der Waals surface area contributed by atoms with E-state index in [1.54, 1.807) is 24.4 Å². The molecular formula is C15H17BFN3O3. The van der Waals surface area contributed by atoms with Crippen LogP contribution < -0.4 is 15.3 Å². The van der Waals surface area contributed by atoms with Crippen molar-refractivity contribution in [3.05, 3.63) is 47.9 Å². The van der Waals surface area contributed by atoms with Crippen molar-refractivity contribution in [2.24, 2.45) is 0 Å². The number of aromatic nitrogens is 1. The number of benzene rings is 1. The Hall–Kier alpha value is -2.61. The first kappa shape index (κ1) is 16.8. The van der Waals surface area contributed by atoms with Crippen LogP contribution in [-0.4, -0.2) is 23.0 Å². The van der Waals surface area contributed by atoms with Gasteiger partial charge in [0.15, 0.2) is 0 Å². The molecule has 0 saturated carbocycles. The maximum absolute atomic E-state index is 13.8. The summed E-state index contributed by atoms with van der Waals surface area (Å²) in [5.74, 6) is 0.0636. The van der Waals surface area contributed by atoms with Crippen molar-refractivity contribution < 1.29 is 18.9 Å². The normalized spacial score (nSPS) is 10.1. The number of ether oxygens (including phenoxy) is 1. The molecule has 0 aliphatic carbocycles. The van der Waals surface area contributed by atoms with E-state index < -0.39 is 12.9 Å². The lowest BCUT2D eigenvalue weighted by Gasteiger charge is -2.11. The SMILES string of the molecule is CB(O)Nc1ccc(OCc2ccnc(NC(C)=O)c2)cc1F. The second-order valence-corrected chi connectivity index (χ2v) is 4.98. The third-order valence-electron chi connectivity index (χ3n) is 2.84. The molecule has 0 aliphatic rings. The average molecular weight is 317 g/mol. The molecule has 120 valence electrons. The Kier molecular flexibility index (Phi) is 5.53. The van der Waals surface area contributed by atoms with Crippen molar-refractivity contribution in [1.82, 2.24) is 4.98 Å². The van der Waals surface area contributed by atoms with E-state index >= 15 is 0 Å². The van der Waals surface area contributed by atoms with Crippen LogP contribution in [0.5, 0.6) is 5.75 Å². The summed E-state index contributed by atoms with van der Waals surface area (Å²) in [5, 5.41) is 14.4. The third kappa shape index (κ3) is 5.26. The number of nitrogens with zero attached hydrogens (tertiary/aromatic N) is 1. The summed E-state index contributed by atoms with van der Waals surface area (Å²) in [4.78, 5) is 15.0. The zero-order valence-corrected chi connectivity index (χ0v) is 12.8. The van der Waals surface area contributed by atoms with Crippen molar-refractivity contribution in [3.63, 3.8) is 0 Å². The van der Waals surface area contributed by atoms with Gasteiger partial charge in [-0.1, -0.05) is 0 Å². The highest BCUT2D eigenvalue weighted by atomic mass is 19.1. The lowest BCUT2D eigenvalue weighted by Crippen LogP contribution is -2.20. The van der Waals surface area contributed by atoms with E-state index in [2.05, 4.69) is 15.5 Å². The fraction of sp³-hybridized carbons (Fsp3) is 0.200. The predicted octanol–water partition coefficient (Wildman–Crippen LogP) is 2.28. The third-order valence-corrected chi connectivity index (χ3v) is 2.84. The zero-order chi connectivity index (χ0) is 16.8. The van der Waals surface area contributed by atoms with Gasteiger partial charge in [-0.2, -0.15) is 0 Å². The number of halogens is 1. The second-order valence-electron chi connectivity index (χ2n) is 4.98. The van der Waals surface area contributed by atoms with Crippen molar-refractivity contribution in [2.75, 3.05) is 10.5 Å². The molecular weight excluding hydrogens is 300 g/mol. The topological polar surface area (TPSA) is 83.5 Å². The summed E-state index contributed by atoms with van der Waals surface area (Å²) in [6.07, 6.45) is 1.56. The van der Waals surface area contributed by atoms with Gasteiger partial charge in [-0.3, -0.25) is 4.79 Å². The molecule has 1 heterocycles. The molecule has 2 rings (SSSR count). The fourth-order valence-corrected chi connectivity index (χ4v) is 1.91. The van der Waals surface area contributed by atoms with Crippen LogP contribution in [0.4, 0.5) is 15.9 Å². The van der Waals surface area contributed by atoms with Gasteiger partial charge >= 0.3 is 7.05 Å².